The number of esters is 2. The van der Waals surface area contributed by atoms with Gasteiger partial charge in [-0.3, -0.25) is 9.59 Å². The summed E-state index contributed by atoms with van der Waals surface area (Å²) in [5, 5.41) is 12.7. The number of rotatable bonds is 15. The second-order valence-electron chi connectivity index (χ2n) is 11.0. The van der Waals surface area contributed by atoms with Crippen molar-refractivity contribution in [3.8, 4) is 0 Å². The van der Waals surface area contributed by atoms with Gasteiger partial charge in [0, 0.05) is 32.2 Å². The van der Waals surface area contributed by atoms with Crippen LogP contribution in [0.3, 0.4) is 0 Å². The largest absolute Gasteiger partial charge is 0.478 e. The van der Waals surface area contributed by atoms with Gasteiger partial charge in [-0.25, -0.2) is 9.59 Å². The first kappa shape index (κ1) is 33.0. The van der Waals surface area contributed by atoms with Crippen LogP contribution in [0.25, 0.3) is 0 Å². The van der Waals surface area contributed by atoms with Gasteiger partial charge in [-0.2, -0.15) is 0 Å². The number of carboxylic acid groups (broad SMARTS) is 1. The Hall–Kier alpha value is -3.18. The van der Waals surface area contributed by atoms with E-state index in [0.29, 0.717) is 25.2 Å². The van der Waals surface area contributed by atoms with Crippen LogP contribution in [0.1, 0.15) is 46.1 Å². The lowest BCUT2D eigenvalue weighted by atomic mass is 10.0. The van der Waals surface area contributed by atoms with E-state index in [9.17, 15) is 24.3 Å². The summed E-state index contributed by atoms with van der Waals surface area (Å²) in [6, 6.07) is 5.89. The summed E-state index contributed by atoms with van der Waals surface area (Å²) in [6.45, 7) is 10.1. The van der Waals surface area contributed by atoms with Crippen molar-refractivity contribution < 1.29 is 38.5 Å². The molecule has 3 atom stereocenters. The molecule has 1 aliphatic heterocycles. The van der Waals surface area contributed by atoms with Crippen molar-refractivity contribution in [2.24, 2.45) is 11.8 Å². The summed E-state index contributed by atoms with van der Waals surface area (Å²) in [5.41, 5.74) is 1.72. The molecule has 1 aliphatic rings. The average molecular weight is 564 g/mol. The molecule has 0 aliphatic carbocycles. The van der Waals surface area contributed by atoms with Crippen LogP contribution in [0.4, 0.5) is 5.69 Å². The molecule has 11 heteroatoms. The summed E-state index contributed by atoms with van der Waals surface area (Å²) in [5.74, 6) is -2.97. The van der Waals surface area contributed by atoms with E-state index in [1.54, 1.807) is 7.05 Å². The first-order valence-corrected chi connectivity index (χ1v) is 13.9. The first-order chi connectivity index (χ1) is 18.9. The zero-order valence-electron chi connectivity index (χ0n) is 24.6. The van der Waals surface area contributed by atoms with E-state index in [0.717, 1.165) is 18.8 Å². The number of nitrogens with one attached hydrogen (secondary N) is 1. The maximum Gasteiger partial charge on any atom is 0.345 e. The highest BCUT2D eigenvalue weighted by molar-refractivity contribution is 5.88. The van der Waals surface area contributed by atoms with Crippen LogP contribution in [-0.2, 0) is 39.8 Å². The topological polar surface area (TPSA) is 135 Å². The van der Waals surface area contributed by atoms with Gasteiger partial charge in [0.2, 0.25) is 6.10 Å². The summed E-state index contributed by atoms with van der Waals surface area (Å²) in [6.07, 6.45) is -0.642. The molecule has 0 aromatic heterocycles. The molecule has 224 valence electrons. The van der Waals surface area contributed by atoms with Crippen molar-refractivity contribution in [2.45, 2.75) is 65.1 Å². The quantitative estimate of drug-likeness (QED) is 0.306. The standard InChI is InChI=1S/C29H45N3O8/c1-19(2)15-23(30-5)28(36)39-18-26(33)31(6)24(16-20(3)4)29(37)40-25(27(34)35)17-21-7-9-22(10-8-21)32-11-13-38-14-12-32/h7-10,19-20,23-25,30H,11-18H2,1-6H3,(H,34,35)/t23-,24-,25+/m0/s1. The molecule has 40 heavy (non-hydrogen) atoms. The number of carbonyl (C=O) groups excluding carboxylic acids is 3. The fourth-order valence-corrected chi connectivity index (χ4v) is 4.45. The summed E-state index contributed by atoms with van der Waals surface area (Å²) in [4.78, 5) is 53.8. The van der Waals surface area contributed by atoms with Gasteiger partial charge in [-0.15, -0.1) is 0 Å². The van der Waals surface area contributed by atoms with Crippen LogP contribution in [0.2, 0.25) is 0 Å². The number of hydrogen-bond donors (Lipinski definition) is 2. The lowest BCUT2D eigenvalue weighted by molar-refractivity contribution is -0.170. The lowest BCUT2D eigenvalue weighted by Crippen LogP contribution is -2.48. The number of amides is 1. The highest BCUT2D eigenvalue weighted by atomic mass is 16.6. The van der Waals surface area contributed by atoms with Crippen molar-refractivity contribution in [3.05, 3.63) is 29.8 Å². The van der Waals surface area contributed by atoms with Gasteiger partial charge in [0.05, 0.1) is 13.2 Å². The minimum Gasteiger partial charge on any atom is -0.478 e. The van der Waals surface area contributed by atoms with Gasteiger partial charge in [0.15, 0.2) is 6.61 Å². The Morgan fingerprint density at radius 2 is 1.60 bits per heavy atom. The number of morpholine rings is 1. The number of anilines is 1. The molecule has 1 fully saturated rings. The highest BCUT2D eigenvalue weighted by Gasteiger charge is 2.33. The minimum atomic E-state index is -1.43. The van der Waals surface area contributed by atoms with Crippen molar-refractivity contribution in [1.82, 2.24) is 10.2 Å². The molecular weight excluding hydrogens is 518 g/mol. The summed E-state index contributed by atoms with van der Waals surface area (Å²) >= 11 is 0. The minimum absolute atomic E-state index is 0.00562. The number of likely N-dealkylation sites (N-methyl/N-ethyl adjacent to an activating group) is 2. The average Bonchev–Trinajstić information content (AvgIpc) is 2.92. The van der Waals surface area contributed by atoms with Crippen molar-refractivity contribution in [1.29, 1.82) is 0 Å². The number of carbonyl (C=O) groups is 4. The van der Waals surface area contributed by atoms with Gasteiger partial charge in [0.1, 0.15) is 12.1 Å². The molecule has 1 heterocycles. The predicted molar refractivity (Wildman–Crippen MR) is 150 cm³/mol. The Bertz CT molecular complexity index is 976. The third kappa shape index (κ3) is 10.4. The molecule has 2 rings (SSSR count). The van der Waals surface area contributed by atoms with E-state index >= 15 is 0 Å². The highest BCUT2D eigenvalue weighted by Crippen LogP contribution is 2.19. The molecule has 0 radical (unpaired) electrons. The van der Waals surface area contributed by atoms with Gasteiger partial charge in [-0.05, 0) is 49.4 Å². The second kappa shape index (κ2) is 16.2. The number of benzene rings is 1. The Labute approximate surface area is 237 Å². The van der Waals surface area contributed by atoms with Crippen LogP contribution in [0.15, 0.2) is 24.3 Å². The molecule has 1 aromatic rings. The second-order valence-corrected chi connectivity index (χ2v) is 11.0. The lowest BCUT2D eigenvalue weighted by Gasteiger charge is -2.29. The van der Waals surface area contributed by atoms with E-state index < -0.39 is 48.6 Å². The molecule has 11 nitrogen and oxygen atoms in total. The zero-order valence-corrected chi connectivity index (χ0v) is 24.6. The Balaban J connectivity index is 2.04. The van der Waals surface area contributed by atoms with Crippen molar-refractivity contribution in [3.63, 3.8) is 0 Å². The molecular formula is C29H45N3O8. The van der Waals surface area contributed by atoms with E-state index in [1.807, 2.05) is 52.0 Å². The smallest absolute Gasteiger partial charge is 0.345 e. The van der Waals surface area contributed by atoms with Crippen LogP contribution >= 0.6 is 0 Å². The number of ether oxygens (including phenoxy) is 3. The molecule has 1 saturated heterocycles. The number of carboxylic acids is 1. The number of aliphatic carboxylic acids is 1. The fourth-order valence-electron chi connectivity index (χ4n) is 4.45. The van der Waals surface area contributed by atoms with Crippen LogP contribution < -0.4 is 10.2 Å². The number of nitrogens with zero attached hydrogens (tertiary/aromatic N) is 2. The molecule has 2 N–H and O–H groups in total. The summed E-state index contributed by atoms with van der Waals surface area (Å²) < 4.78 is 16.0. The van der Waals surface area contributed by atoms with Gasteiger partial charge in [-0.1, -0.05) is 39.8 Å². The van der Waals surface area contributed by atoms with Crippen molar-refractivity contribution in [2.75, 3.05) is 51.9 Å². The maximum atomic E-state index is 13.2. The molecule has 1 amide bonds. The Kier molecular flexibility index (Phi) is 13.4. The monoisotopic (exact) mass is 563 g/mol. The van der Waals surface area contributed by atoms with E-state index in [2.05, 4.69) is 10.2 Å². The van der Waals surface area contributed by atoms with Gasteiger partial charge in [0.25, 0.3) is 5.91 Å². The van der Waals surface area contributed by atoms with E-state index in [1.165, 1.54) is 11.9 Å². The normalized spacial score (nSPS) is 15.8. The van der Waals surface area contributed by atoms with Gasteiger partial charge >= 0.3 is 17.9 Å². The molecule has 1 aromatic carbocycles. The molecule has 0 saturated carbocycles. The SMILES string of the molecule is CN[C@@H](CC(C)C)C(=O)OCC(=O)N(C)[C@@H](CC(C)C)C(=O)O[C@H](Cc1ccc(N2CCOCC2)cc1)C(=O)O. The van der Waals surface area contributed by atoms with E-state index in [-0.39, 0.29) is 24.7 Å². The van der Waals surface area contributed by atoms with E-state index in [4.69, 9.17) is 14.2 Å². The fraction of sp³-hybridized carbons (Fsp3) is 0.655. The van der Waals surface area contributed by atoms with Crippen LogP contribution in [0, 0.1) is 11.8 Å². The van der Waals surface area contributed by atoms with Crippen LogP contribution in [-0.4, -0.2) is 99.0 Å². The number of hydrogen-bond acceptors (Lipinski definition) is 9. The van der Waals surface area contributed by atoms with Crippen LogP contribution in [0.5, 0.6) is 0 Å². The Morgan fingerprint density at radius 1 is 1.00 bits per heavy atom. The predicted octanol–water partition coefficient (Wildman–Crippen LogP) is 2.11. The first-order valence-electron chi connectivity index (χ1n) is 13.9. The zero-order chi connectivity index (χ0) is 29.8. The third-order valence-corrected chi connectivity index (χ3v) is 6.77. The molecule has 0 bridgehead atoms. The van der Waals surface area contributed by atoms with Crippen molar-refractivity contribution >= 4 is 29.5 Å². The Morgan fingerprint density at radius 3 is 2.12 bits per heavy atom. The molecule has 0 unspecified atom stereocenters. The molecule has 0 spiro atoms. The van der Waals surface area contributed by atoms with Gasteiger partial charge < -0.3 is 34.4 Å². The third-order valence-electron chi connectivity index (χ3n) is 6.77. The maximum absolute atomic E-state index is 13.2. The summed E-state index contributed by atoms with van der Waals surface area (Å²) in [7, 11) is 3.07.